The van der Waals surface area contributed by atoms with E-state index in [0.717, 1.165) is 28.2 Å². The smallest absolute Gasteiger partial charge is 0.159 e. The van der Waals surface area contributed by atoms with E-state index in [0.29, 0.717) is 5.92 Å². The number of rotatable bonds is 5. The highest BCUT2D eigenvalue weighted by atomic mass is 79.9. The number of aromatic nitrogens is 2. The number of anilines is 1. The molecule has 0 aliphatic heterocycles. The summed E-state index contributed by atoms with van der Waals surface area (Å²) in [7, 11) is 3.54. The lowest BCUT2D eigenvalue weighted by Gasteiger charge is -2.17. The molecule has 1 heterocycles. The summed E-state index contributed by atoms with van der Waals surface area (Å²) in [6.07, 6.45) is 0.812. The summed E-state index contributed by atoms with van der Waals surface area (Å²) in [6, 6.07) is 0. The fourth-order valence-electron chi connectivity index (χ4n) is 1.63. The highest BCUT2D eigenvalue weighted by molar-refractivity contribution is 9.10. The van der Waals surface area contributed by atoms with Crippen molar-refractivity contribution in [3.63, 3.8) is 0 Å². The number of nitrogens with zero attached hydrogens (tertiary/aromatic N) is 2. The lowest BCUT2D eigenvalue weighted by atomic mass is 10.1. The van der Waals surface area contributed by atoms with Crippen LogP contribution in [0.25, 0.3) is 0 Å². The first-order valence-electron chi connectivity index (χ1n) is 5.82. The lowest BCUT2D eigenvalue weighted by Crippen LogP contribution is -2.11. The Hall–Kier alpha value is -0.680. The minimum absolute atomic E-state index is 0.0484. The monoisotopic (exact) mass is 301 g/mol. The molecule has 1 aromatic heterocycles. The fourth-order valence-corrected chi connectivity index (χ4v) is 2.46. The van der Waals surface area contributed by atoms with Gasteiger partial charge in [0.15, 0.2) is 5.82 Å². The molecule has 1 aromatic rings. The molecular weight excluding hydrogens is 282 g/mol. The third-order valence-corrected chi connectivity index (χ3v) is 3.40. The number of ether oxygens (including phenoxy) is 1. The largest absolute Gasteiger partial charge is 0.373 e. The van der Waals surface area contributed by atoms with Crippen molar-refractivity contribution in [3.05, 3.63) is 16.0 Å². The van der Waals surface area contributed by atoms with Crippen molar-refractivity contribution in [1.82, 2.24) is 9.97 Å². The van der Waals surface area contributed by atoms with Crippen LogP contribution in [0.2, 0.25) is 0 Å². The molecule has 96 valence electrons. The maximum absolute atomic E-state index is 5.39. The first kappa shape index (κ1) is 14.4. The van der Waals surface area contributed by atoms with Crippen LogP contribution >= 0.6 is 15.9 Å². The molecule has 1 N–H and O–H groups in total. The Morgan fingerprint density at radius 1 is 1.35 bits per heavy atom. The van der Waals surface area contributed by atoms with Gasteiger partial charge in [-0.15, -0.1) is 0 Å². The van der Waals surface area contributed by atoms with Crippen molar-refractivity contribution in [2.75, 3.05) is 19.5 Å². The van der Waals surface area contributed by atoms with Crippen LogP contribution in [-0.2, 0) is 4.74 Å². The Bertz CT molecular complexity index is 378. The number of hydrogen-bond acceptors (Lipinski definition) is 4. The second-order valence-corrected chi connectivity index (χ2v) is 4.96. The van der Waals surface area contributed by atoms with E-state index in [-0.39, 0.29) is 6.10 Å². The van der Waals surface area contributed by atoms with Gasteiger partial charge >= 0.3 is 0 Å². The van der Waals surface area contributed by atoms with Gasteiger partial charge in [-0.05, 0) is 28.3 Å². The van der Waals surface area contributed by atoms with Gasteiger partial charge in [0.25, 0.3) is 0 Å². The topological polar surface area (TPSA) is 47.0 Å². The molecular formula is C12H20BrN3O. The number of nitrogens with one attached hydrogen (secondary N) is 1. The molecule has 1 rings (SSSR count). The van der Waals surface area contributed by atoms with E-state index >= 15 is 0 Å². The Kier molecular flexibility index (Phi) is 5.33. The third kappa shape index (κ3) is 3.16. The van der Waals surface area contributed by atoms with Crippen LogP contribution in [0.3, 0.4) is 0 Å². The molecule has 0 spiro atoms. The van der Waals surface area contributed by atoms with Crippen LogP contribution < -0.4 is 5.32 Å². The van der Waals surface area contributed by atoms with Crippen LogP contribution in [-0.4, -0.2) is 24.1 Å². The number of methoxy groups -OCH3 is 1. The molecule has 0 aliphatic rings. The highest BCUT2D eigenvalue weighted by Crippen LogP contribution is 2.30. The van der Waals surface area contributed by atoms with Crippen molar-refractivity contribution in [1.29, 1.82) is 0 Å². The first-order valence-corrected chi connectivity index (χ1v) is 6.62. The molecule has 0 aromatic carbocycles. The van der Waals surface area contributed by atoms with Gasteiger partial charge in [-0.2, -0.15) is 0 Å². The summed E-state index contributed by atoms with van der Waals surface area (Å²) in [5.41, 5.74) is 1.01. The fraction of sp³-hybridized carbons (Fsp3) is 0.667. The molecule has 0 saturated heterocycles. The van der Waals surface area contributed by atoms with E-state index < -0.39 is 0 Å². The van der Waals surface area contributed by atoms with E-state index in [4.69, 9.17) is 4.74 Å². The zero-order chi connectivity index (χ0) is 13.0. The second kappa shape index (κ2) is 6.31. The summed E-state index contributed by atoms with van der Waals surface area (Å²) in [5, 5.41) is 3.08. The number of hydrogen-bond donors (Lipinski definition) is 1. The van der Waals surface area contributed by atoms with Crippen molar-refractivity contribution in [2.24, 2.45) is 0 Å². The van der Waals surface area contributed by atoms with Gasteiger partial charge in [-0.25, -0.2) is 9.97 Å². The van der Waals surface area contributed by atoms with Gasteiger partial charge < -0.3 is 10.1 Å². The SMILES string of the molecule is CCC(OC)c1nc(NC)c(Br)c(C(C)C)n1. The van der Waals surface area contributed by atoms with Crippen LogP contribution in [0, 0.1) is 0 Å². The molecule has 0 fully saturated rings. The van der Waals surface area contributed by atoms with Gasteiger partial charge in [0.2, 0.25) is 0 Å². The Morgan fingerprint density at radius 3 is 2.41 bits per heavy atom. The summed E-state index contributed by atoms with van der Waals surface area (Å²) >= 11 is 3.54. The molecule has 0 radical (unpaired) electrons. The minimum atomic E-state index is -0.0484. The van der Waals surface area contributed by atoms with Crippen LogP contribution in [0.15, 0.2) is 4.47 Å². The van der Waals surface area contributed by atoms with Crippen molar-refractivity contribution in [2.45, 2.75) is 39.2 Å². The van der Waals surface area contributed by atoms with Gasteiger partial charge in [0.1, 0.15) is 11.9 Å². The summed E-state index contributed by atoms with van der Waals surface area (Å²) in [5.74, 6) is 1.90. The van der Waals surface area contributed by atoms with E-state index in [1.165, 1.54) is 0 Å². The van der Waals surface area contributed by atoms with Gasteiger partial charge in [-0.1, -0.05) is 20.8 Å². The lowest BCUT2D eigenvalue weighted by molar-refractivity contribution is 0.0924. The molecule has 0 bridgehead atoms. The standard InChI is InChI=1S/C12H20BrN3O/c1-6-8(17-5)11-15-10(7(2)3)9(13)12(14-4)16-11/h7-8H,6H2,1-5H3,(H,14,15,16). The Labute approximate surface area is 111 Å². The zero-order valence-electron chi connectivity index (χ0n) is 11.0. The van der Waals surface area contributed by atoms with Crippen LogP contribution in [0.5, 0.6) is 0 Å². The Balaban J connectivity index is 3.28. The van der Waals surface area contributed by atoms with Gasteiger partial charge in [0.05, 0.1) is 10.2 Å². The van der Waals surface area contributed by atoms with E-state index in [9.17, 15) is 0 Å². The molecule has 1 atom stereocenters. The molecule has 17 heavy (non-hydrogen) atoms. The first-order chi connectivity index (χ1) is 8.04. The van der Waals surface area contributed by atoms with Crippen LogP contribution in [0.4, 0.5) is 5.82 Å². The highest BCUT2D eigenvalue weighted by Gasteiger charge is 2.18. The number of halogens is 1. The Morgan fingerprint density at radius 2 is 2.00 bits per heavy atom. The van der Waals surface area contributed by atoms with Crippen LogP contribution in [0.1, 0.15) is 50.7 Å². The second-order valence-electron chi connectivity index (χ2n) is 4.17. The summed E-state index contributed by atoms with van der Waals surface area (Å²) in [6.45, 7) is 6.29. The van der Waals surface area contributed by atoms with E-state index in [2.05, 4.69) is 52.0 Å². The van der Waals surface area contributed by atoms with Gasteiger partial charge in [-0.3, -0.25) is 0 Å². The predicted octanol–water partition coefficient (Wildman–Crippen LogP) is 3.50. The van der Waals surface area contributed by atoms with Crippen molar-refractivity contribution >= 4 is 21.7 Å². The third-order valence-electron chi connectivity index (χ3n) is 2.62. The zero-order valence-corrected chi connectivity index (χ0v) is 12.6. The normalized spacial score (nSPS) is 12.9. The average molecular weight is 302 g/mol. The average Bonchev–Trinajstić information content (AvgIpc) is 2.31. The van der Waals surface area contributed by atoms with Gasteiger partial charge in [0, 0.05) is 14.2 Å². The van der Waals surface area contributed by atoms with Crippen molar-refractivity contribution < 1.29 is 4.74 Å². The molecule has 4 nitrogen and oxygen atoms in total. The molecule has 0 amide bonds. The predicted molar refractivity (Wildman–Crippen MR) is 73.4 cm³/mol. The maximum Gasteiger partial charge on any atom is 0.159 e. The molecule has 5 heteroatoms. The maximum atomic E-state index is 5.39. The van der Waals surface area contributed by atoms with E-state index in [1.54, 1.807) is 7.11 Å². The quantitative estimate of drug-likeness (QED) is 0.904. The summed E-state index contributed by atoms with van der Waals surface area (Å²) < 4.78 is 6.33. The molecule has 0 saturated carbocycles. The van der Waals surface area contributed by atoms with Crippen molar-refractivity contribution in [3.8, 4) is 0 Å². The van der Waals surface area contributed by atoms with E-state index in [1.807, 2.05) is 7.05 Å². The molecule has 0 aliphatic carbocycles. The molecule has 1 unspecified atom stereocenters. The summed E-state index contributed by atoms with van der Waals surface area (Å²) in [4.78, 5) is 9.08. The minimum Gasteiger partial charge on any atom is -0.373 e.